The number of nitrogens with zero attached hydrogens (tertiary/aromatic N) is 5. The Balaban J connectivity index is 1.36. The van der Waals surface area contributed by atoms with Crippen LogP contribution < -0.4 is 10.3 Å². The third-order valence-corrected chi connectivity index (χ3v) is 6.95. The zero-order chi connectivity index (χ0) is 27.8. The van der Waals surface area contributed by atoms with Crippen LogP contribution >= 0.6 is 34.2 Å². The van der Waals surface area contributed by atoms with Crippen LogP contribution in [-0.2, 0) is 0 Å². The molecule has 3 aromatic heterocycles. The standard InChI is InChI=1S/C28H15ClIN5O5/c29-18-6-9-23-17(12-18)13-25(39-23)27-33-22-4-2-1-3-20(22)28(36)34(27)32-14-16-5-8-24(21(30)11-16)40-26-10-7-19(15-31-26)35(37)38/h1-15H. The maximum atomic E-state index is 13.5. The molecule has 0 spiro atoms. The predicted octanol–water partition coefficient (Wildman–Crippen LogP) is 7.05. The predicted molar refractivity (Wildman–Crippen MR) is 159 cm³/mol. The number of ether oxygens (including phenoxy) is 1. The Morgan fingerprint density at radius 3 is 2.70 bits per heavy atom. The lowest BCUT2D eigenvalue weighted by atomic mass is 10.2. The highest BCUT2D eigenvalue weighted by Crippen LogP contribution is 2.30. The van der Waals surface area contributed by atoms with Crippen molar-refractivity contribution in [2.45, 2.75) is 0 Å². The van der Waals surface area contributed by atoms with Gasteiger partial charge in [0.05, 0.1) is 25.6 Å². The van der Waals surface area contributed by atoms with Gasteiger partial charge in [-0.05, 0) is 82.8 Å². The minimum Gasteiger partial charge on any atom is -0.453 e. The van der Waals surface area contributed by atoms with E-state index in [1.807, 2.05) is 12.1 Å². The van der Waals surface area contributed by atoms with Crippen molar-refractivity contribution < 1.29 is 14.1 Å². The van der Waals surface area contributed by atoms with E-state index in [0.717, 1.165) is 15.2 Å². The monoisotopic (exact) mass is 663 g/mol. The van der Waals surface area contributed by atoms with Crippen molar-refractivity contribution in [1.29, 1.82) is 0 Å². The van der Waals surface area contributed by atoms with Gasteiger partial charge in [-0.25, -0.2) is 9.97 Å². The molecule has 40 heavy (non-hydrogen) atoms. The molecular formula is C28H15ClIN5O5. The molecule has 3 heterocycles. The van der Waals surface area contributed by atoms with Gasteiger partial charge in [-0.3, -0.25) is 14.9 Å². The summed E-state index contributed by atoms with van der Waals surface area (Å²) in [6.07, 6.45) is 2.67. The molecule has 196 valence electrons. The molecule has 0 aliphatic heterocycles. The van der Waals surface area contributed by atoms with Gasteiger partial charge in [0.1, 0.15) is 17.5 Å². The van der Waals surface area contributed by atoms with E-state index in [1.165, 1.54) is 23.0 Å². The summed E-state index contributed by atoms with van der Waals surface area (Å²) in [5, 5.41) is 17.1. The van der Waals surface area contributed by atoms with Crippen molar-refractivity contribution in [2.75, 3.05) is 0 Å². The first-order valence-corrected chi connectivity index (χ1v) is 13.1. The maximum Gasteiger partial charge on any atom is 0.287 e. The van der Waals surface area contributed by atoms with Crippen LogP contribution in [0.4, 0.5) is 5.69 Å². The highest BCUT2D eigenvalue weighted by molar-refractivity contribution is 14.1. The summed E-state index contributed by atoms with van der Waals surface area (Å²) in [6, 6.07) is 22.1. The fourth-order valence-electron chi connectivity index (χ4n) is 3.97. The van der Waals surface area contributed by atoms with Gasteiger partial charge in [-0.2, -0.15) is 9.78 Å². The lowest BCUT2D eigenvalue weighted by Gasteiger charge is -2.08. The number of hydrogen-bond acceptors (Lipinski definition) is 8. The van der Waals surface area contributed by atoms with Crippen molar-refractivity contribution in [3.05, 3.63) is 120 Å². The second-order valence-electron chi connectivity index (χ2n) is 8.51. The quantitative estimate of drug-likeness (QED) is 0.0810. The number of hydrogen-bond donors (Lipinski definition) is 0. The molecule has 10 nitrogen and oxygen atoms in total. The summed E-state index contributed by atoms with van der Waals surface area (Å²) in [7, 11) is 0. The van der Waals surface area contributed by atoms with Gasteiger partial charge in [0.25, 0.3) is 11.2 Å². The third-order valence-electron chi connectivity index (χ3n) is 5.88. The maximum absolute atomic E-state index is 13.5. The van der Waals surface area contributed by atoms with Gasteiger partial charge in [-0.1, -0.05) is 23.7 Å². The molecule has 0 bridgehead atoms. The number of furan rings is 1. The van der Waals surface area contributed by atoms with E-state index >= 15 is 0 Å². The molecule has 0 saturated carbocycles. The second-order valence-corrected chi connectivity index (χ2v) is 10.1. The van der Waals surface area contributed by atoms with Crippen molar-refractivity contribution >= 4 is 68.0 Å². The SMILES string of the molecule is O=c1c2ccccc2nc(-c2cc3cc(Cl)ccc3o2)n1N=Cc1ccc(Oc2ccc([N+](=O)[O-])cn2)c(I)c1. The van der Waals surface area contributed by atoms with Gasteiger partial charge in [0, 0.05) is 22.5 Å². The van der Waals surface area contributed by atoms with E-state index in [4.69, 9.17) is 20.8 Å². The van der Waals surface area contributed by atoms with E-state index in [-0.39, 0.29) is 23.0 Å². The number of rotatable bonds is 6. The number of fused-ring (bicyclic) bond motifs is 2. The largest absolute Gasteiger partial charge is 0.453 e. The van der Waals surface area contributed by atoms with Crippen molar-refractivity contribution in [2.24, 2.45) is 5.10 Å². The Kier molecular flexibility index (Phi) is 6.74. The molecule has 0 aliphatic rings. The smallest absolute Gasteiger partial charge is 0.287 e. The zero-order valence-corrected chi connectivity index (χ0v) is 23.1. The van der Waals surface area contributed by atoms with E-state index in [9.17, 15) is 14.9 Å². The lowest BCUT2D eigenvalue weighted by molar-refractivity contribution is -0.385. The summed E-state index contributed by atoms with van der Waals surface area (Å²) in [6.45, 7) is 0. The molecule has 0 atom stereocenters. The average molecular weight is 664 g/mol. The van der Waals surface area contributed by atoms with Gasteiger partial charge < -0.3 is 9.15 Å². The number of benzene rings is 3. The molecule has 0 fully saturated rings. The second kappa shape index (κ2) is 10.5. The third kappa shape index (κ3) is 5.03. The number of para-hydroxylation sites is 1. The molecule has 0 aliphatic carbocycles. The Morgan fingerprint density at radius 1 is 1.07 bits per heavy atom. The Morgan fingerprint density at radius 2 is 1.93 bits per heavy atom. The van der Waals surface area contributed by atoms with Crippen LogP contribution in [0.5, 0.6) is 11.6 Å². The summed E-state index contributed by atoms with van der Waals surface area (Å²) < 4.78 is 13.7. The number of aromatic nitrogens is 3. The van der Waals surface area contributed by atoms with E-state index in [0.29, 0.717) is 38.6 Å². The van der Waals surface area contributed by atoms with Crippen LogP contribution in [0, 0.1) is 13.7 Å². The van der Waals surface area contributed by atoms with Crippen molar-refractivity contribution in [3.8, 4) is 23.2 Å². The fourth-order valence-corrected chi connectivity index (χ4v) is 4.80. The Labute approximate surface area is 243 Å². The minimum absolute atomic E-state index is 0.127. The van der Waals surface area contributed by atoms with Crippen LogP contribution in [0.25, 0.3) is 33.5 Å². The molecule has 6 aromatic rings. The number of nitro groups is 1. The fraction of sp³-hybridized carbons (Fsp3) is 0. The summed E-state index contributed by atoms with van der Waals surface area (Å²) in [4.78, 5) is 32.5. The molecule has 6 rings (SSSR count). The Bertz CT molecular complexity index is 2020. The van der Waals surface area contributed by atoms with Gasteiger partial charge in [0.15, 0.2) is 5.76 Å². The topological polar surface area (TPSA) is 126 Å². The first-order chi connectivity index (χ1) is 19.4. The number of pyridine rings is 1. The summed E-state index contributed by atoms with van der Waals surface area (Å²) >= 11 is 8.24. The normalized spacial score (nSPS) is 11.4. The molecule has 0 saturated heterocycles. The van der Waals surface area contributed by atoms with Crippen LogP contribution in [0.15, 0.2) is 99.4 Å². The van der Waals surface area contributed by atoms with Crippen LogP contribution in [-0.4, -0.2) is 25.8 Å². The van der Waals surface area contributed by atoms with E-state index in [1.54, 1.807) is 54.6 Å². The van der Waals surface area contributed by atoms with Crippen LogP contribution in [0.2, 0.25) is 5.02 Å². The van der Waals surface area contributed by atoms with Gasteiger partial charge in [-0.15, -0.1) is 0 Å². The van der Waals surface area contributed by atoms with E-state index in [2.05, 4.69) is 37.7 Å². The zero-order valence-electron chi connectivity index (χ0n) is 20.2. The molecule has 12 heteroatoms. The van der Waals surface area contributed by atoms with Crippen LogP contribution in [0.1, 0.15) is 5.56 Å². The molecule has 0 amide bonds. The molecule has 3 aromatic carbocycles. The summed E-state index contributed by atoms with van der Waals surface area (Å²) in [5.74, 6) is 1.33. The van der Waals surface area contributed by atoms with Gasteiger partial charge in [0.2, 0.25) is 11.7 Å². The van der Waals surface area contributed by atoms with Crippen molar-refractivity contribution in [3.63, 3.8) is 0 Å². The van der Waals surface area contributed by atoms with Gasteiger partial charge >= 0.3 is 0 Å². The molecule has 0 radical (unpaired) electrons. The molecule has 0 N–H and O–H groups in total. The highest BCUT2D eigenvalue weighted by atomic mass is 127. The minimum atomic E-state index is -0.527. The van der Waals surface area contributed by atoms with E-state index < -0.39 is 4.92 Å². The molecular weight excluding hydrogens is 649 g/mol. The molecule has 0 unspecified atom stereocenters. The summed E-state index contributed by atoms with van der Waals surface area (Å²) in [5.41, 5.74) is 1.33. The lowest BCUT2D eigenvalue weighted by Crippen LogP contribution is -2.20. The highest BCUT2D eigenvalue weighted by Gasteiger charge is 2.17. The van der Waals surface area contributed by atoms with Crippen molar-refractivity contribution in [1.82, 2.24) is 14.6 Å². The van der Waals surface area contributed by atoms with Crippen LogP contribution in [0.3, 0.4) is 0 Å². The number of halogens is 2. The first kappa shape index (κ1) is 25.6. The Hall–Kier alpha value is -4.62. The average Bonchev–Trinajstić information content (AvgIpc) is 3.37. The first-order valence-electron chi connectivity index (χ1n) is 11.7.